The molecular weight excluding hydrogens is 329 g/mol. The summed E-state index contributed by atoms with van der Waals surface area (Å²) in [5.74, 6) is 1.20. The van der Waals surface area contributed by atoms with Crippen LogP contribution < -0.4 is 10.2 Å². The average Bonchev–Trinajstić information content (AvgIpc) is 2.59. The van der Waals surface area contributed by atoms with Gasteiger partial charge in [0.25, 0.3) is 0 Å². The molecule has 1 N–H and O–H groups in total. The normalized spacial score (nSPS) is 11.6. The van der Waals surface area contributed by atoms with Crippen LogP contribution in [0.15, 0.2) is 48.7 Å². The van der Waals surface area contributed by atoms with Crippen molar-refractivity contribution >= 4 is 22.5 Å². The molecule has 0 aliphatic rings. The van der Waals surface area contributed by atoms with Crippen molar-refractivity contribution in [2.45, 2.75) is 12.7 Å². The predicted molar refractivity (Wildman–Crippen MR) is 92.6 cm³/mol. The Hall–Kier alpha value is -2.83. The molecule has 130 valence electrons. The SMILES string of the molecule is CN(C)c1cc(CNc2ccc(C(F)(F)F)cn2)c2ccccc2n1. The van der Waals surface area contributed by atoms with Gasteiger partial charge >= 0.3 is 6.18 Å². The van der Waals surface area contributed by atoms with Gasteiger partial charge in [0.1, 0.15) is 11.6 Å². The van der Waals surface area contributed by atoms with Crippen LogP contribution >= 0.6 is 0 Å². The van der Waals surface area contributed by atoms with Crippen LogP contribution in [0.25, 0.3) is 10.9 Å². The van der Waals surface area contributed by atoms with Crippen LogP contribution in [-0.4, -0.2) is 24.1 Å². The van der Waals surface area contributed by atoms with E-state index in [0.29, 0.717) is 12.4 Å². The largest absolute Gasteiger partial charge is 0.417 e. The van der Waals surface area contributed by atoms with Gasteiger partial charge in [-0.15, -0.1) is 0 Å². The third kappa shape index (κ3) is 3.81. The molecule has 0 unspecified atom stereocenters. The molecule has 0 saturated heterocycles. The minimum Gasteiger partial charge on any atom is -0.366 e. The number of halogens is 3. The number of nitrogens with zero attached hydrogens (tertiary/aromatic N) is 3. The molecule has 3 rings (SSSR count). The number of pyridine rings is 2. The monoisotopic (exact) mass is 346 g/mol. The van der Waals surface area contributed by atoms with Crippen LogP contribution in [-0.2, 0) is 12.7 Å². The summed E-state index contributed by atoms with van der Waals surface area (Å²) in [5, 5.41) is 4.07. The molecule has 0 radical (unpaired) electrons. The minimum atomic E-state index is -4.38. The zero-order valence-corrected chi connectivity index (χ0v) is 13.8. The molecule has 3 aromatic rings. The second-order valence-electron chi connectivity index (χ2n) is 5.83. The highest BCUT2D eigenvalue weighted by Gasteiger charge is 2.30. The summed E-state index contributed by atoms with van der Waals surface area (Å²) in [6.07, 6.45) is -3.55. The topological polar surface area (TPSA) is 41.0 Å². The summed E-state index contributed by atoms with van der Waals surface area (Å²) in [4.78, 5) is 10.3. The number of fused-ring (bicyclic) bond motifs is 1. The Morgan fingerprint density at radius 1 is 1.08 bits per heavy atom. The van der Waals surface area contributed by atoms with Crippen LogP contribution in [0.2, 0.25) is 0 Å². The molecule has 0 aliphatic carbocycles. The first-order chi connectivity index (χ1) is 11.8. The van der Waals surface area contributed by atoms with E-state index in [-0.39, 0.29) is 0 Å². The van der Waals surface area contributed by atoms with Crippen molar-refractivity contribution in [1.82, 2.24) is 9.97 Å². The van der Waals surface area contributed by atoms with Gasteiger partial charge in [-0.05, 0) is 29.8 Å². The van der Waals surface area contributed by atoms with E-state index < -0.39 is 11.7 Å². The lowest BCUT2D eigenvalue weighted by Gasteiger charge is -2.16. The molecule has 0 atom stereocenters. The third-order valence-corrected chi connectivity index (χ3v) is 3.80. The molecule has 2 aromatic heterocycles. The highest BCUT2D eigenvalue weighted by Crippen LogP contribution is 2.29. The quantitative estimate of drug-likeness (QED) is 0.764. The lowest BCUT2D eigenvalue weighted by atomic mass is 10.1. The number of alkyl halides is 3. The Kier molecular flexibility index (Phi) is 4.48. The molecular formula is C18H17F3N4. The fraction of sp³-hybridized carbons (Fsp3) is 0.222. The van der Waals surface area contributed by atoms with Gasteiger partial charge in [0.05, 0.1) is 11.1 Å². The lowest BCUT2D eigenvalue weighted by Crippen LogP contribution is -2.12. The third-order valence-electron chi connectivity index (χ3n) is 3.80. The molecule has 0 bridgehead atoms. The highest BCUT2D eigenvalue weighted by atomic mass is 19.4. The van der Waals surface area contributed by atoms with Crippen LogP contribution in [0.3, 0.4) is 0 Å². The molecule has 0 fully saturated rings. The van der Waals surface area contributed by atoms with Gasteiger partial charge in [-0.3, -0.25) is 0 Å². The summed E-state index contributed by atoms with van der Waals surface area (Å²) in [5.41, 5.74) is 1.10. The molecule has 0 spiro atoms. The van der Waals surface area contributed by atoms with Gasteiger partial charge in [-0.1, -0.05) is 18.2 Å². The van der Waals surface area contributed by atoms with Gasteiger partial charge in [0.15, 0.2) is 0 Å². The molecule has 7 heteroatoms. The van der Waals surface area contributed by atoms with E-state index in [1.54, 1.807) is 0 Å². The van der Waals surface area contributed by atoms with Crippen molar-refractivity contribution in [2.24, 2.45) is 0 Å². The van der Waals surface area contributed by atoms with E-state index in [9.17, 15) is 13.2 Å². The van der Waals surface area contributed by atoms with E-state index in [2.05, 4.69) is 15.3 Å². The number of aromatic nitrogens is 2. The Morgan fingerprint density at radius 3 is 2.48 bits per heavy atom. The summed E-state index contributed by atoms with van der Waals surface area (Å²) in [7, 11) is 3.82. The molecule has 0 saturated carbocycles. The van der Waals surface area contributed by atoms with E-state index in [1.165, 1.54) is 6.07 Å². The van der Waals surface area contributed by atoms with Crippen molar-refractivity contribution in [2.75, 3.05) is 24.3 Å². The van der Waals surface area contributed by atoms with E-state index in [0.717, 1.165) is 34.5 Å². The zero-order chi connectivity index (χ0) is 18.0. The lowest BCUT2D eigenvalue weighted by molar-refractivity contribution is -0.137. The van der Waals surface area contributed by atoms with Gasteiger partial charge in [0.2, 0.25) is 0 Å². The van der Waals surface area contributed by atoms with Gasteiger partial charge in [0, 0.05) is 32.2 Å². The molecule has 0 aliphatic heterocycles. The Labute approximate surface area is 143 Å². The molecule has 2 heterocycles. The summed E-state index contributed by atoms with van der Waals surface area (Å²) < 4.78 is 37.8. The second kappa shape index (κ2) is 6.58. The highest BCUT2D eigenvalue weighted by molar-refractivity contribution is 5.84. The van der Waals surface area contributed by atoms with Crippen molar-refractivity contribution < 1.29 is 13.2 Å². The summed E-state index contributed by atoms with van der Waals surface area (Å²) in [6.45, 7) is 0.433. The number of para-hydroxylation sites is 1. The Balaban J connectivity index is 1.85. The minimum absolute atomic E-state index is 0.389. The number of anilines is 2. The number of nitrogens with one attached hydrogen (secondary N) is 1. The second-order valence-corrected chi connectivity index (χ2v) is 5.83. The number of hydrogen-bond acceptors (Lipinski definition) is 4. The zero-order valence-electron chi connectivity index (χ0n) is 13.8. The summed E-state index contributed by atoms with van der Waals surface area (Å²) >= 11 is 0. The van der Waals surface area contributed by atoms with E-state index in [1.807, 2.05) is 49.3 Å². The first-order valence-electron chi connectivity index (χ1n) is 7.68. The van der Waals surface area contributed by atoms with Crippen molar-refractivity contribution in [3.05, 3.63) is 59.8 Å². The van der Waals surface area contributed by atoms with E-state index >= 15 is 0 Å². The van der Waals surface area contributed by atoms with Crippen molar-refractivity contribution in [1.29, 1.82) is 0 Å². The molecule has 4 nitrogen and oxygen atoms in total. The fourth-order valence-corrected chi connectivity index (χ4v) is 2.46. The van der Waals surface area contributed by atoms with Crippen LogP contribution in [0.1, 0.15) is 11.1 Å². The standard InChI is InChI=1S/C18H17F3N4/c1-25(2)17-9-12(14-5-3-4-6-15(14)24-17)10-22-16-8-7-13(11-23-16)18(19,20)21/h3-9,11H,10H2,1-2H3,(H,22,23). The molecule has 25 heavy (non-hydrogen) atoms. The maximum atomic E-state index is 12.6. The predicted octanol–water partition coefficient (Wildman–Crippen LogP) is 4.33. The van der Waals surface area contributed by atoms with Crippen LogP contribution in [0.5, 0.6) is 0 Å². The maximum Gasteiger partial charge on any atom is 0.417 e. The van der Waals surface area contributed by atoms with Crippen molar-refractivity contribution in [3.8, 4) is 0 Å². The van der Waals surface area contributed by atoms with Crippen molar-refractivity contribution in [3.63, 3.8) is 0 Å². The average molecular weight is 346 g/mol. The molecule has 1 aromatic carbocycles. The maximum absolute atomic E-state index is 12.6. The first-order valence-corrected chi connectivity index (χ1v) is 7.68. The fourth-order valence-electron chi connectivity index (χ4n) is 2.46. The van der Waals surface area contributed by atoms with Gasteiger partial charge in [-0.25, -0.2) is 9.97 Å². The number of benzene rings is 1. The summed E-state index contributed by atoms with van der Waals surface area (Å²) in [6, 6.07) is 12.1. The Bertz CT molecular complexity index is 874. The van der Waals surface area contributed by atoms with Crippen LogP contribution in [0.4, 0.5) is 24.8 Å². The molecule has 0 amide bonds. The first kappa shape index (κ1) is 17.0. The van der Waals surface area contributed by atoms with Crippen LogP contribution in [0, 0.1) is 0 Å². The van der Waals surface area contributed by atoms with Gasteiger partial charge < -0.3 is 10.2 Å². The smallest absolute Gasteiger partial charge is 0.366 e. The van der Waals surface area contributed by atoms with Gasteiger partial charge in [-0.2, -0.15) is 13.2 Å². The number of rotatable bonds is 4. The number of hydrogen-bond donors (Lipinski definition) is 1. The Morgan fingerprint density at radius 2 is 1.84 bits per heavy atom. The van der Waals surface area contributed by atoms with E-state index in [4.69, 9.17) is 0 Å².